The van der Waals surface area contributed by atoms with Crippen molar-refractivity contribution in [1.82, 2.24) is 25.2 Å². The molecule has 0 unspecified atom stereocenters. The van der Waals surface area contributed by atoms with Crippen molar-refractivity contribution in [1.29, 1.82) is 0 Å². The highest BCUT2D eigenvalue weighted by atomic mass is 35.5. The molecule has 2 aliphatic rings. The van der Waals surface area contributed by atoms with Crippen molar-refractivity contribution in [3.05, 3.63) is 114 Å². The lowest BCUT2D eigenvalue weighted by Gasteiger charge is -2.28. The predicted molar refractivity (Wildman–Crippen MR) is 314 cm³/mol. The normalized spacial score (nSPS) is 16.9. The Balaban J connectivity index is 0.722. The summed E-state index contributed by atoms with van der Waals surface area (Å²) in [7, 11) is -0.308. The summed E-state index contributed by atoms with van der Waals surface area (Å²) in [5.41, 5.74) is 3.93. The Morgan fingerprint density at radius 3 is 1.55 bits per heavy atom. The molecule has 2 amide bonds. The van der Waals surface area contributed by atoms with Gasteiger partial charge in [0.15, 0.2) is 33.0 Å². The van der Waals surface area contributed by atoms with E-state index in [1.165, 1.54) is 12.1 Å². The zero-order valence-corrected chi connectivity index (χ0v) is 51.8. The molecule has 3 N–H and O–H groups in total. The number of carbonyl (C=O) groups excluding carboxylic acids is 2. The number of rotatable bonds is 35. The smallest absolute Gasteiger partial charge is 0.314 e. The maximum atomic E-state index is 15.6. The van der Waals surface area contributed by atoms with Crippen molar-refractivity contribution in [2.75, 3.05) is 106 Å². The number of unbranched alkanes of at least 4 members (excludes halogenated alkanes) is 2. The van der Waals surface area contributed by atoms with Crippen LogP contribution in [0.1, 0.15) is 90.5 Å². The number of ketones is 1. The summed E-state index contributed by atoms with van der Waals surface area (Å²) in [5.74, 6) is -1.80. The van der Waals surface area contributed by atoms with Crippen LogP contribution in [0.5, 0.6) is 11.5 Å². The van der Waals surface area contributed by atoms with Crippen LogP contribution < -0.4 is 24.8 Å². The van der Waals surface area contributed by atoms with Crippen LogP contribution in [0.2, 0.25) is 20.1 Å². The van der Waals surface area contributed by atoms with Crippen LogP contribution in [0.15, 0.2) is 58.3 Å². The SMILES string of the molecule is Cc1cc(S(=O)(=O)CCCOCCOCCNC(=O)NCCCCCC(=O)CCCOCCOCCNS(=O)(=O)c2cc(C)c(O[C@H]3c4cc(Cl)cc(Cl)c4C[C@@H]3N(C)C)c(F)c2)cc(F)c1O[C@H]1c2cc(Cl)cc(Cl)c2C[C@@H]1N(C)C. The molecule has 2 aliphatic carbocycles. The van der Waals surface area contributed by atoms with Gasteiger partial charge in [0.05, 0.1) is 67.3 Å². The maximum absolute atomic E-state index is 15.6. The molecule has 6 rings (SSSR count). The Morgan fingerprint density at radius 2 is 1.02 bits per heavy atom. The first-order chi connectivity index (χ1) is 39.0. The summed E-state index contributed by atoms with van der Waals surface area (Å²) in [6, 6.07) is 10.9. The third-order valence-electron chi connectivity index (χ3n) is 14.1. The van der Waals surface area contributed by atoms with Crippen LogP contribution >= 0.6 is 46.4 Å². The Kier molecular flexibility index (Phi) is 26.2. The molecule has 82 heavy (non-hydrogen) atoms. The number of amides is 2. The van der Waals surface area contributed by atoms with Gasteiger partial charge in [0.25, 0.3) is 0 Å². The maximum Gasteiger partial charge on any atom is 0.314 e. The van der Waals surface area contributed by atoms with Crippen molar-refractivity contribution in [2.24, 2.45) is 0 Å². The Morgan fingerprint density at radius 1 is 0.561 bits per heavy atom. The van der Waals surface area contributed by atoms with E-state index in [4.69, 9.17) is 74.8 Å². The van der Waals surface area contributed by atoms with Gasteiger partial charge in [-0.05, 0) is 151 Å². The van der Waals surface area contributed by atoms with Crippen LogP contribution in [0.25, 0.3) is 0 Å². The first-order valence-electron chi connectivity index (χ1n) is 27.3. The molecule has 0 aromatic heterocycles. The van der Waals surface area contributed by atoms with Crippen LogP contribution in [0.3, 0.4) is 0 Å². The lowest BCUT2D eigenvalue weighted by Crippen LogP contribution is -2.37. The van der Waals surface area contributed by atoms with E-state index in [-0.39, 0.29) is 117 Å². The number of likely N-dealkylation sites (N-methyl/N-ethyl adjacent to an activating group) is 2. The highest BCUT2D eigenvalue weighted by molar-refractivity contribution is 7.91. The molecular formula is C57H75Cl4F2N5O12S2. The van der Waals surface area contributed by atoms with Crippen molar-refractivity contribution >= 4 is 78.1 Å². The van der Waals surface area contributed by atoms with E-state index in [2.05, 4.69) is 15.4 Å². The van der Waals surface area contributed by atoms with Gasteiger partial charge < -0.3 is 48.9 Å². The fraction of sp³-hybridized carbons (Fsp3) is 0.544. The third kappa shape index (κ3) is 19.3. The Labute approximate surface area is 501 Å². The number of carbonyl (C=O) groups is 2. The molecule has 0 saturated carbocycles. The first kappa shape index (κ1) is 67.2. The second kappa shape index (κ2) is 32.0. The number of hydrogen-bond donors (Lipinski definition) is 3. The van der Waals surface area contributed by atoms with Gasteiger partial charge in [-0.2, -0.15) is 0 Å². The van der Waals surface area contributed by atoms with Crippen molar-refractivity contribution in [3.8, 4) is 11.5 Å². The minimum Gasteiger partial charge on any atom is -0.481 e. The van der Waals surface area contributed by atoms with Crippen LogP contribution in [0, 0.1) is 25.5 Å². The van der Waals surface area contributed by atoms with Crippen LogP contribution in [-0.4, -0.2) is 157 Å². The van der Waals surface area contributed by atoms with Crippen molar-refractivity contribution < 1.29 is 63.6 Å². The van der Waals surface area contributed by atoms with Gasteiger partial charge in [0.1, 0.15) is 18.0 Å². The monoisotopic (exact) mass is 1260 g/mol. The van der Waals surface area contributed by atoms with E-state index >= 15 is 8.78 Å². The summed E-state index contributed by atoms with van der Waals surface area (Å²) in [6.45, 7) is 5.63. The number of sulfonamides is 1. The minimum absolute atomic E-state index is 0.0331. The van der Waals surface area contributed by atoms with Crippen molar-refractivity contribution in [3.63, 3.8) is 0 Å². The van der Waals surface area contributed by atoms with Crippen LogP contribution in [-0.2, 0) is 56.4 Å². The first-order valence-corrected chi connectivity index (χ1v) is 31.9. The predicted octanol–water partition coefficient (Wildman–Crippen LogP) is 9.83. The molecule has 17 nitrogen and oxygen atoms in total. The summed E-state index contributed by atoms with van der Waals surface area (Å²) in [5, 5.41) is 7.39. The minimum atomic E-state index is -4.06. The number of sulfone groups is 1. The number of nitrogens with one attached hydrogen (secondary N) is 3. The van der Waals surface area contributed by atoms with Gasteiger partial charge in [0, 0.05) is 76.9 Å². The van der Waals surface area contributed by atoms with E-state index in [0.29, 0.717) is 89.3 Å². The fourth-order valence-electron chi connectivity index (χ4n) is 9.77. The zero-order valence-electron chi connectivity index (χ0n) is 47.2. The van der Waals surface area contributed by atoms with Gasteiger partial charge in [-0.3, -0.25) is 4.79 Å². The summed E-state index contributed by atoms with van der Waals surface area (Å²) in [4.78, 5) is 28.1. The quantitative estimate of drug-likeness (QED) is 0.0368. The molecule has 4 aromatic carbocycles. The Hall–Kier alpha value is -3.94. The van der Waals surface area contributed by atoms with E-state index in [1.54, 1.807) is 38.1 Å². The molecule has 25 heteroatoms. The molecule has 454 valence electrons. The van der Waals surface area contributed by atoms with Gasteiger partial charge in [-0.25, -0.2) is 35.1 Å². The highest BCUT2D eigenvalue weighted by Gasteiger charge is 2.40. The number of urea groups is 1. The number of nitrogens with zero attached hydrogens (tertiary/aromatic N) is 2. The van der Waals surface area contributed by atoms with E-state index in [0.717, 1.165) is 40.8 Å². The second-order valence-electron chi connectivity index (χ2n) is 20.7. The van der Waals surface area contributed by atoms with Crippen LogP contribution in [0.4, 0.5) is 13.6 Å². The average molecular weight is 1270 g/mol. The lowest BCUT2D eigenvalue weighted by atomic mass is 10.1. The van der Waals surface area contributed by atoms with Gasteiger partial charge >= 0.3 is 6.03 Å². The van der Waals surface area contributed by atoms with E-state index in [1.807, 2.05) is 38.0 Å². The van der Waals surface area contributed by atoms with Gasteiger partial charge in [0.2, 0.25) is 10.0 Å². The summed E-state index contributed by atoms with van der Waals surface area (Å²) >= 11 is 25.5. The molecule has 4 aromatic rings. The zero-order chi connectivity index (χ0) is 59.7. The fourth-order valence-corrected chi connectivity index (χ4v) is 13.4. The third-order valence-corrected chi connectivity index (χ3v) is 18.4. The Bertz CT molecular complexity index is 2810. The average Bonchev–Trinajstić information content (AvgIpc) is 4.21. The number of hydrogen-bond acceptors (Lipinski definition) is 14. The van der Waals surface area contributed by atoms with Gasteiger partial charge in [-0.15, -0.1) is 0 Å². The highest BCUT2D eigenvalue weighted by Crippen LogP contribution is 2.45. The molecule has 0 spiro atoms. The number of fused-ring (bicyclic) bond motifs is 2. The summed E-state index contributed by atoms with van der Waals surface area (Å²) in [6.07, 6.45) is 3.73. The number of aryl methyl sites for hydroxylation is 2. The van der Waals surface area contributed by atoms with E-state index in [9.17, 15) is 26.4 Å². The molecule has 0 fully saturated rings. The molecule has 0 aliphatic heterocycles. The summed E-state index contributed by atoms with van der Waals surface area (Å²) < 4.78 is 121. The standard InChI is InChI=1S/C57H75Cl4F2N5O12S2/c1-36-26-41(32-49(62)53(36)79-55-45-28-38(58)30-47(60)43(45)34-51(55)67(3)4)81(71,72)25-11-18-76-22-23-77-19-15-65-57(70)64-14-9-7-8-12-40(69)13-10-17-75-21-24-78-20-16-66-82(73,74)42-27-37(2)54(50(63)33-42)80-56-46-29-39(59)31-48(61)44(46)35-52(56)68(5)6/h26-33,51-52,55-56,66H,7-25,34-35H2,1-6H3,(H2,64,65,70)/t51-,52-,55-,56-/m0/s1. The van der Waals surface area contributed by atoms with Crippen molar-refractivity contribution in [2.45, 2.75) is 106 Å². The molecule has 4 atom stereocenters. The lowest BCUT2D eigenvalue weighted by molar-refractivity contribution is -0.119. The molecule has 0 heterocycles. The molecule has 0 saturated heterocycles. The number of ether oxygens (including phenoxy) is 6. The van der Waals surface area contributed by atoms with Gasteiger partial charge in [-0.1, -0.05) is 52.8 Å². The molecular weight excluding hydrogens is 1190 g/mol. The van der Waals surface area contributed by atoms with E-state index < -0.39 is 43.7 Å². The number of Topliss-reactive ketones (excluding diaryl/α,β-unsaturated/α-hetero) is 1. The topological polar surface area (TPSA) is 200 Å². The molecule has 0 bridgehead atoms. The number of halogens is 6. The molecule has 0 radical (unpaired) electrons. The second-order valence-corrected chi connectivity index (χ2v) is 26.3. The largest absolute Gasteiger partial charge is 0.481 e. The number of benzene rings is 4.